The van der Waals surface area contributed by atoms with Gasteiger partial charge < -0.3 is 10.1 Å². The van der Waals surface area contributed by atoms with Gasteiger partial charge in [0.05, 0.1) is 30.8 Å². The lowest BCUT2D eigenvalue weighted by atomic mass is 10.0. The first-order valence-electron chi connectivity index (χ1n) is 9.69. The number of hydrogen-bond donors (Lipinski definition) is 2. The summed E-state index contributed by atoms with van der Waals surface area (Å²) in [5, 5.41) is 12.4. The average Bonchev–Trinajstić information content (AvgIpc) is 3.20. The summed E-state index contributed by atoms with van der Waals surface area (Å²) < 4.78 is 5.16. The van der Waals surface area contributed by atoms with Gasteiger partial charge >= 0.3 is 6.09 Å². The van der Waals surface area contributed by atoms with E-state index in [0.29, 0.717) is 19.0 Å². The van der Waals surface area contributed by atoms with Gasteiger partial charge in [-0.15, -0.1) is 0 Å². The van der Waals surface area contributed by atoms with Crippen molar-refractivity contribution in [3.63, 3.8) is 0 Å². The Morgan fingerprint density at radius 3 is 2.72 bits per heavy atom. The summed E-state index contributed by atoms with van der Waals surface area (Å²) in [5.74, 6) is 0.313. The largest absolute Gasteiger partial charge is 0.450 e. The van der Waals surface area contributed by atoms with Gasteiger partial charge in [-0.05, 0) is 37.1 Å². The number of benzene rings is 2. The lowest BCUT2D eigenvalue weighted by Crippen LogP contribution is -2.41. The molecular formula is C22H24N4O3. The number of carbonyl (C=O) groups is 2. The topological polar surface area (TPSA) is 87.3 Å². The van der Waals surface area contributed by atoms with E-state index in [1.165, 1.54) is 0 Å². The Morgan fingerprint density at radius 1 is 1.21 bits per heavy atom. The van der Waals surface area contributed by atoms with Crippen molar-refractivity contribution in [2.45, 2.75) is 39.3 Å². The molecule has 7 heteroatoms. The van der Waals surface area contributed by atoms with Crippen molar-refractivity contribution in [3.05, 3.63) is 59.3 Å². The first-order valence-corrected chi connectivity index (χ1v) is 9.69. The van der Waals surface area contributed by atoms with E-state index in [9.17, 15) is 9.59 Å². The second kappa shape index (κ2) is 7.24. The van der Waals surface area contributed by atoms with Crippen molar-refractivity contribution in [1.29, 1.82) is 0 Å². The number of carbonyl (C=O) groups excluding carboxylic acids is 2. The van der Waals surface area contributed by atoms with Gasteiger partial charge in [-0.25, -0.2) is 4.79 Å². The van der Waals surface area contributed by atoms with E-state index in [0.717, 1.165) is 27.6 Å². The molecule has 3 aromatic rings. The molecule has 0 unspecified atom stereocenters. The predicted octanol–water partition coefficient (Wildman–Crippen LogP) is 3.95. The molecule has 1 aliphatic rings. The third kappa shape index (κ3) is 3.44. The molecule has 4 rings (SSSR count). The molecule has 1 aliphatic heterocycles. The molecule has 2 aromatic carbocycles. The van der Waals surface area contributed by atoms with Crippen molar-refractivity contribution in [3.8, 4) is 0 Å². The van der Waals surface area contributed by atoms with Gasteiger partial charge in [-0.3, -0.25) is 14.8 Å². The number of nitrogens with zero attached hydrogens (tertiary/aromatic N) is 2. The number of H-pyrrole nitrogens is 1. The highest BCUT2D eigenvalue weighted by Crippen LogP contribution is 2.40. The van der Waals surface area contributed by atoms with E-state index >= 15 is 0 Å². The molecule has 150 valence electrons. The van der Waals surface area contributed by atoms with E-state index in [4.69, 9.17) is 4.74 Å². The molecule has 29 heavy (non-hydrogen) atoms. The van der Waals surface area contributed by atoms with Crippen molar-refractivity contribution >= 4 is 28.6 Å². The second-order valence-electron chi connectivity index (χ2n) is 7.68. The van der Waals surface area contributed by atoms with Gasteiger partial charge in [0.15, 0.2) is 5.82 Å². The molecule has 0 aliphatic carbocycles. The summed E-state index contributed by atoms with van der Waals surface area (Å²) >= 11 is 0. The maximum absolute atomic E-state index is 12.6. The van der Waals surface area contributed by atoms with Gasteiger partial charge in [-0.2, -0.15) is 5.10 Å². The van der Waals surface area contributed by atoms with Gasteiger partial charge in [-0.1, -0.05) is 42.5 Å². The Bertz CT molecular complexity index is 1090. The third-order valence-corrected chi connectivity index (χ3v) is 5.39. The highest BCUT2D eigenvalue weighted by molar-refractivity contribution is 5.93. The lowest BCUT2D eigenvalue weighted by Gasteiger charge is -2.30. The minimum Gasteiger partial charge on any atom is -0.450 e. The second-order valence-corrected chi connectivity index (χ2v) is 7.68. The summed E-state index contributed by atoms with van der Waals surface area (Å²) in [4.78, 5) is 26.6. The minimum atomic E-state index is -0.587. The number of rotatable bonds is 4. The van der Waals surface area contributed by atoms with Crippen LogP contribution in [0.4, 0.5) is 10.6 Å². The van der Waals surface area contributed by atoms with Crippen LogP contribution in [0.3, 0.4) is 0 Å². The smallest absolute Gasteiger partial charge is 0.410 e. The van der Waals surface area contributed by atoms with Gasteiger partial charge in [0.25, 0.3) is 0 Å². The van der Waals surface area contributed by atoms with Crippen LogP contribution in [0.5, 0.6) is 0 Å². The Kier molecular flexibility index (Phi) is 4.74. The number of ether oxygens (including phenoxy) is 1. The monoisotopic (exact) mass is 392 g/mol. The SMILES string of the molecule is CCOC(=O)N1Cc2c(NC(=O)Cc3ccc4ccccc4c3)n[nH]c2C1(C)C. The summed E-state index contributed by atoms with van der Waals surface area (Å²) in [6.07, 6.45) is -0.132. The molecule has 0 bridgehead atoms. The maximum Gasteiger partial charge on any atom is 0.410 e. The zero-order valence-electron chi connectivity index (χ0n) is 16.8. The Morgan fingerprint density at radius 2 is 1.97 bits per heavy atom. The molecule has 0 fully saturated rings. The minimum absolute atomic E-state index is 0.151. The van der Waals surface area contributed by atoms with Crippen LogP contribution < -0.4 is 5.32 Å². The van der Waals surface area contributed by atoms with Crippen LogP contribution in [0.1, 0.15) is 37.6 Å². The Labute approximate surface area is 169 Å². The molecule has 0 spiro atoms. The van der Waals surface area contributed by atoms with E-state index in [-0.39, 0.29) is 18.4 Å². The molecule has 2 N–H and O–H groups in total. The number of aromatic amines is 1. The molecule has 1 aromatic heterocycles. The highest BCUT2D eigenvalue weighted by Gasteiger charge is 2.44. The van der Waals surface area contributed by atoms with Gasteiger partial charge in [0.1, 0.15) is 0 Å². The van der Waals surface area contributed by atoms with E-state index in [2.05, 4.69) is 15.5 Å². The number of fused-ring (bicyclic) bond motifs is 2. The summed E-state index contributed by atoms with van der Waals surface area (Å²) in [7, 11) is 0. The van der Waals surface area contributed by atoms with Gasteiger partial charge in [0, 0.05) is 5.56 Å². The van der Waals surface area contributed by atoms with Crippen LogP contribution in [-0.4, -0.2) is 33.7 Å². The van der Waals surface area contributed by atoms with Crippen molar-refractivity contribution in [2.24, 2.45) is 0 Å². The van der Waals surface area contributed by atoms with Crippen LogP contribution in [0, 0.1) is 0 Å². The molecule has 0 radical (unpaired) electrons. The average molecular weight is 392 g/mol. The zero-order chi connectivity index (χ0) is 20.6. The van der Waals surface area contributed by atoms with E-state index in [1.807, 2.05) is 56.3 Å². The Balaban J connectivity index is 1.50. The molecule has 0 atom stereocenters. The quantitative estimate of drug-likeness (QED) is 0.704. The molecule has 2 amide bonds. The summed E-state index contributed by atoms with van der Waals surface area (Å²) in [6, 6.07) is 14.1. The number of nitrogens with one attached hydrogen (secondary N) is 2. The third-order valence-electron chi connectivity index (χ3n) is 5.39. The van der Waals surface area contributed by atoms with E-state index < -0.39 is 5.54 Å². The van der Waals surface area contributed by atoms with E-state index in [1.54, 1.807) is 11.8 Å². The first-order chi connectivity index (χ1) is 13.9. The maximum atomic E-state index is 12.6. The van der Waals surface area contributed by atoms with Gasteiger partial charge in [0.2, 0.25) is 5.91 Å². The molecule has 0 saturated heterocycles. The first kappa shape index (κ1) is 19.0. The number of amides is 2. The number of anilines is 1. The van der Waals surface area contributed by atoms with Crippen LogP contribution in [0.2, 0.25) is 0 Å². The van der Waals surface area contributed by atoms with Crippen LogP contribution in [0.25, 0.3) is 10.8 Å². The fourth-order valence-corrected chi connectivity index (χ4v) is 3.82. The normalized spacial score (nSPS) is 14.7. The zero-order valence-corrected chi connectivity index (χ0v) is 16.8. The number of hydrogen-bond acceptors (Lipinski definition) is 4. The predicted molar refractivity (Wildman–Crippen MR) is 110 cm³/mol. The standard InChI is InChI=1S/C22H24N4O3/c1-4-29-21(28)26-13-17-19(22(26,2)3)24-25-20(17)23-18(27)12-14-9-10-15-7-5-6-8-16(15)11-14/h5-11H,4,12-13H2,1-3H3,(H2,23,24,25,27). The lowest BCUT2D eigenvalue weighted by molar-refractivity contribution is -0.115. The van der Waals surface area contributed by atoms with Crippen molar-refractivity contribution < 1.29 is 14.3 Å². The van der Waals surface area contributed by atoms with Crippen LogP contribution >= 0.6 is 0 Å². The molecule has 2 heterocycles. The van der Waals surface area contributed by atoms with Crippen molar-refractivity contribution in [2.75, 3.05) is 11.9 Å². The molecular weight excluding hydrogens is 368 g/mol. The Hall–Kier alpha value is -3.35. The molecule has 7 nitrogen and oxygen atoms in total. The summed E-state index contributed by atoms with van der Waals surface area (Å²) in [6.45, 7) is 6.28. The fourth-order valence-electron chi connectivity index (χ4n) is 3.82. The fraction of sp³-hybridized carbons (Fsp3) is 0.318. The summed E-state index contributed by atoms with van der Waals surface area (Å²) in [5.41, 5.74) is 1.97. The van der Waals surface area contributed by atoms with Crippen LogP contribution in [-0.2, 0) is 28.0 Å². The van der Waals surface area contributed by atoms with Crippen molar-refractivity contribution in [1.82, 2.24) is 15.1 Å². The molecule has 0 saturated carbocycles. The number of aromatic nitrogens is 2. The highest BCUT2D eigenvalue weighted by atomic mass is 16.6. The van der Waals surface area contributed by atoms with Crippen LogP contribution in [0.15, 0.2) is 42.5 Å².